The van der Waals surface area contributed by atoms with Gasteiger partial charge in [-0.2, -0.15) is 13.2 Å². The van der Waals surface area contributed by atoms with Crippen LogP contribution in [-0.2, 0) is 9.53 Å². The van der Waals surface area contributed by atoms with Crippen molar-refractivity contribution in [2.75, 3.05) is 19.0 Å². The zero-order chi connectivity index (χ0) is 16.2. The molecule has 0 radical (unpaired) electrons. The summed E-state index contributed by atoms with van der Waals surface area (Å²) in [5, 5.41) is 1.34. The monoisotopic (exact) mass is 325 g/mol. The third-order valence-electron chi connectivity index (χ3n) is 2.29. The smallest absolute Gasteiger partial charge is 0.471 e. The van der Waals surface area contributed by atoms with Crippen LogP contribution in [0, 0.1) is 0 Å². The SMILES string of the molecule is CCOC(=O)c1cc(Cl)c(NC(=O)C(F)(F)F)cc1OC. The molecule has 0 fully saturated rings. The van der Waals surface area contributed by atoms with Crippen LogP contribution in [0.4, 0.5) is 18.9 Å². The Morgan fingerprint density at radius 3 is 2.43 bits per heavy atom. The van der Waals surface area contributed by atoms with E-state index in [1.54, 1.807) is 12.2 Å². The number of rotatable bonds is 4. The first-order chi connectivity index (χ1) is 9.70. The lowest BCUT2D eigenvalue weighted by molar-refractivity contribution is -0.167. The largest absolute Gasteiger partial charge is 0.496 e. The van der Waals surface area contributed by atoms with Crippen molar-refractivity contribution in [1.29, 1.82) is 0 Å². The number of carbonyl (C=O) groups excluding carboxylic acids is 2. The van der Waals surface area contributed by atoms with Gasteiger partial charge in [-0.15, -0.1) is 0 Å². The van der Waals surface area contributed by atoms with Gasteiger partial charge in [-0.05, 0) is 13.0 Å². The summed E-state index contributed by atoms with van der Waals surface area (Å²) in [6.45, 7) is 1.69. The molecular weight excluding hydrogens is 315 g/mol. The highest BCUT2D eigenvalue weighted by atomic mass is 35.5. The van der Waals surface area contributed by atoms with Crippen molar-refractivity contribution >= 4 is 29.2 Å². The van der Waals surface area contributed by atoms with Gasteiger partial charge >= 0.3 is 18.1 Å². The van der Waals surface area contributed by atoms with Gasteiger partial charge in [0.15, 0.2) is 0 Å². The molecule has 1 amide bonds. The Balaban J connectivity index is 3.15. The van der Waals surface area contributed by atoms with Gasteiger partial charge in [0, 0.05) is 6.07 Å². The summed E-state index contributed by atoms with van der Waals surface area (Å²) < 4.78 is 46.2. The molecule has 1 N–H and O–H groups in total. The molecule has 0 saturated carbocycles. The maximum atomic E-state index is 12.2. The second kappa shape index (κ2) is 6.66. The van der Waals surface area contributed by atoms with Crippen LogP contribution in [0.25, 0.3) is 0 Å². The number of ether oxygens (including phenoxy) is 2. The first kappa shape index (κ1) is 17.1. The number of benzene rings is 1. The number of anilines is 1. The second-order valence-corrected chi connectivity index (χ2v) is 4.11. The molecule has 0 spiro atoms. The molecule has 0 saturated heterocycles. The van der Waals surface area contributed by atoms with Crippen molar-refractivity contribution in [2.24, 2.45) is 0 Å². The molecule has 0 aliphatic rings. The van der Waals surface area contributed by atoms with Crippen molar-refractivity contribution in [3.63, 3.8) is 0 Å². The molecule has 0 unspecified atom stereocenters. The molecule has 9 heteroatoms. The molecule has 0 atom stereocenters. The van der Waals surface area contributed by atoms with Crippen LogP contribution in [0.2, 0.25) is 5.02 Å². The van der Waals surface area contributed by atoms with E-state index in [2.05, 4.69) is 0 Å². The van der Waals surface area contributed by atoms with Crippen LogP contribution in [0.5, 0.6) is 5.75 Å². The number of nitrogens with one attached hydrogen (secondary N) is 1. The number of alkyl halides is 3. The van der Waals surface area contributed by atoms with E-state index in [9.17, 15) is 22.8 Å². The molecule has 0 bridgehead atoms. The molecule has 1 rings (SSSR count). The summed E-state index contributed by atoms with van der Waals surface area (Å²) in [6.07, 6.45) is -5.06. The highest BCUT2D eigenvalue weighted by Crippen LogP contribution is 2.32. The summed E-state index contributed by atoms with van der Waals surface area (Å²) in [7, 11) is 1.21. The fourth-order valence-electron chi connectivity index (χ4n) is 1.38. The van der Waals surface area contributed by atoms with Gasteiger partial charge in [-0.1, -0.05) is 11.6 Å². The lowest BCUT2D eigenvalue weighted by Gasteiger charge is -2.13. The fourth-order valence-corrected chi connectivity index (χ4v) is 1.59. The van der Waals surface area contributed by atoms with Gasteiger partial charge < -0.3 is 14.8 Å². The average Bonchev–Trinajstić information content (AvgIpc) is 2.39. The second-order valence-electron chi connectivity index (χ2n) is 3.70. The van der Waals surface area contributed by atoms with Crippen molar-refractivity contribution in [1.82, 2.24) is 0 Å². The first-order valence-electron chi connectivity index (χ1n) is 5.63. The van der Waals surface area contributed by atoms with Crippen molar-refractivity contribution in [3.05, 3.63) is 22.7 Å². The van der Waals surface area contributed by atoms with Crippen LogP contribution in [-0.4, -0.2) is 31.8 Å². The molecule has 0 aliphatic heterocycles. The minimum absolute atomic E-state index is 0.0608. The fraction of sp³-hybridized carbons (Fsp3) is 0.333. The van der Waals surface area contributed by atoms with E-state index in [1.165, 1.54) is 7.11 Å². The summed E-state index contributed by atoms with van der Waals surface area (Å²) in [4.78, 5) is 22.5. The van der Waals surface area contributed by atoms with Gasteiger partial charge in [-0.3, -0.25) is 4.79 Å². The van der Waals surface area contributed by atoms with Crippen molar-refractivity contribution in [3.8, 4) is 5.75 Å². The maximum Gasteiger partial charge on any atom is 0.471 e. The Kier molecular flexibility index (Phi) is 5.42. The summed E-state index contributed by atoms with van der Waals surface area (Å²) in [5.74, 6) is -3.00. The van der Waals surface area contributed by atoms with Gasteiger partial charge in [0.25, 0.3) is 0 Å². The normalized spacial score (nSPS) is 11.0. The molecular formula is C12H11ClF3NO4. The number of esters is 1. The van der Waals surface area contributed by atoms with Crippen molar-refractivity contribution < 1.29 is 32.2 Å². The Morgan fingerprint density at radius 1 is 1.33 bits per heavy atom. The van der Waals surface area contributed by atoms with E-state index < -0.39 is 18.1 Å². The predicted octanol–water partition coefficient (Wildman–Crippen LogP) is 3.03. The van der Waals surface area contributed by atoms with Crippen LogP contribution < -0.4 is 10.1 Å². The van der Waals surface area contributed by atoms with Gasteiger partial charge in [0.1, 0.15) is 11.3 Å². The van der Waals surface area contributed by atoms with E-state index in [0.717, 1.165) is 12.1 Å². The van der Waals surface area contributed by atoms with Gasteiger partial charge in [0.2, 0.25) is 0 Å². The first-order valence-corrected chi connectivity index (χ1v) is 6.01. The highest BCUT2D eigenvalue weighted by molar-refractivity contribution is 6.34. The summed E-state index contributed by atoms with van der Waals surface area (Å²) in [6, 6.07) is 2.07. The van der Waals surface area contributed by atoms with Crippen LogP contribution in [0.1, 0.15) is 17.3 Å². The zero-order valence-corrected chi connectivity index (χ0v) is 11.8. The molecule has 5 nitrogen and oxygen atoms in total. The standard InChI is InChI=1S/C12H11ClF3NO4/c1-3-21-10(18)6-4-7(13)8(5-9(6)20-2)17-11(19)12(14,15)16/h4-5H,3H2,1-2H3,(H,17,19). The van der Waals surface area contributed by atoms with Crippen LogP contribution in [0.15, 0.2) is 12.1 Å². The van der Waals surface area contributed by atoms with E-state index >= 15 is 0 Å². The van der Waals surface area contributed by atoms with E-state index in [-0.39, 0.29) is 28.6 Å². The molecule has 1 aromatic carbocycles. The number of methoxy groups -OCH3 is 1. The number of halogens is 4. The minimum Gasteiger partial charge on any atom is -0.496 e. The molecule has 1 aromatic rings. The lowest BCUT2D eigenvalue weighted by Crippen LogP contribution is -2.30. The predicted molar refractivity (Wildman–Crippen MR) is 68.6 cm³/mol. The topological polar surface area (TPSA) is 64.6 Å². The van der Waals surface area contributed by atoms with Crippen molar-refractivity contribution in [2.45, 2.75) is 13.1 Å². The van der Waals surface area contributed by atoms with Crippen LogP contribution >= 0.6 is 11.6 Å². The third kappa shape index (κ3) is 4.25. The Morgan fingerprint density at radius 2 is 1.95 bits per heavy atom. The maximum absolute atomic E-state index is 12.2. The van der Waals surface area contributed by atoms with E-state index in [4.69, 9.17) is 21.1 Å². The molecule has 21 heavy (non-hydrogen) atoms. The number of amides is 1. The number of hydrogen-bond donors (Lipinski definition) is 1. The lowest BCUT2D eigenvalue weighted by atomic mass is 10.1. The molecule has 0 heterocycles. The quantitative estimate of drug-likeness (QED) is 0.864. The summed E-state index contributed by atoms with van der Waals surface area (Å²) in [5.41, 5.74) is -0.391. The van der Waals surface area contributed by atoms with Gasteiger partial charge in [0.05, 0.1) is 24.4 Å². The molecule has 0 aliphatic carbocycles. The zero-order valence-electron chi connectivity index (χ0n) is 11.0. The average molecular weight is 326 g/mol. The van der Waals surface area contributed by atoms with E-state index in [1.807, 2.05) is 0 Å². The van der Waals surface area contributed by atoms with Gasteiger partial charge in [-0.25, -0.2) is 4.79 Å². The third-order valence-corrected chi connectivity index (χ3v) is 2.60. The van der Waals surface area contributed by atoms with E-state index in [0.29, 0.717) is 0 Å². The Bertz CT molecular complexity index is 560. The molecule has 116 valence electrons. The summed E-state index contributed by atoms with van der Waals surface area (Å²) >= 11 is 5.75. The Labute approximate surface area is 123 Å². The minimum atomic E-state index is -5.06. The Hall–Kier alpha value is -1.96. The number of carbonyl (C=O) groups is 2. The highest BCUT2D eigenvalue weighted by Gasteiger charge is 2.39. The molecule has 0 aromatic heterocycles. The van der Waals surface area contributed by atoms with Crippen LogP contribution in [0.3, 0.4) is 0 Å². The number of hydrogen-bond acceptors (Lipinski definition) is 4.